The highest BCUT2D eigenvalue weighted by Gasteiger charge is 2.37. The smallest absolute Gasteiger partial charge is 0.309 e. The van der Waals surface area contributed by atoms with E-state index in [1.165, 1.54) is 58.9 Å². The third-order valence-electron chi connectivity index (χ3n) is 17.2. The molecule has 0 spiro atoms. The van der Waals surface area contributed by atoms with Gasteiger partial charge in [0.05, 0.1) is 72.9 Å². The highest BCUT2D eigenvalue weighted by Crippen LogP contribution is 2.49. The largest absolute Gasteiger partial charge is 0.417 e. The van der Waals surface area contributed by atoms with E-state index in [0.717, 1.165) is 54.6 Å². The van der Waals surface area contributed by atoms with Crippen molar-refractivity contribution in [2.75, 3.05) is 0 Å². The van der Waals surface area contributed by atoms with Gasteiger partial charge in [-0.15, -0.1) is 0 Å². The van der Waals surface area contributed by atoms with Crippen LogP contribution in [-0.4, -0.2) is 9.13 Å². The van der Waals surface area contributed by atoms with Gasteiger partial charge in [-0.05, 0) is 245 Å². The van der Waals surface area contributed by atoms with Crippen LogP contribution < -0.4 is 0 Å². The number of alkyl halides is 15. The van der Waals surface area contributed by atoms with E-state index in [0.29, 0.717) is 88.1 Å². The molecule has 0 aliphatic heterocycles. The quantitative estimate of drug-likeness (QED) is 0.140. The fourth-order valence-corrected chi connectivity index (χ4v) is 13.1. The Bertz CT molecular complexity index is 5130. The second-order valence-corrected chi connectivity index (χ2v) is 24.0. The average molecular weight is 1300 g/mol. The lowest BCUT2D eigenvalue weighted by molar-refractivity contribution is -0.138. The lowest BCUT2D eigenvalue weighted by Gasteiger charge is -2.22. The first-order valence-corrected chi connectivity index (χ1v) is 29.5. The first kappa shape index (κ1) is 63.2. The van der Waals surface area contributed by atoms with Crippen LogP contribution >= 0.6 is 0 Å². The molecule has 0 saturated carbocycles. The summed E-state index contributed by atoms with van der Waals surface area (Å²) < 4.78 is 223. The highest BCUT2D eigenvalue weighted by molar-refractivity contribution is 6.14. The Morgan fingerprint density at radius 3 is 0.979 bits per heavy atom. The summed E-state index contributed by atoms with van der Waals surface area (Å²) in [4.78, 5) is 0. The molecule has 0 saturated heterocycles. The van der Waals surface area contributed by atoms with Gasteiger partial charge in [0.1, 0.15) is 0 Å². The van der Waals surface area contributed by atoms with Crippen molar-refractivity contribution in [1.29, 1.82) is 5.26 Å². The molecular formula is C77H48F15N3. The molecule has 3 nitrogen and oxygen atoms in total. The van der Waals surface area contributed by atoms with Gasteiger partial charge in [0.15, 0.2) is 0 Å². The molecule has 0 N–H and O–H groups in total. The first-order valence-electron chi connectivity index (χ1n) is 29.5. The maximum atomic E-state index is 15.3. The summed E-state index contributed by atoms with van der Waals surface area (Å²) in [6.07, 6.45) is -23.8. The Kier molecular flexibility index (Phi) is 15.0. The minimum atomic E-state index is -4.88. The molecule has 0 radical (unpaired) electrons. The number of hydrogen-bond donors (Lipinski definition) is 0. The van der Waals surface area contributed by atoms with Crippen LogP contribution in [0, 0.1) is 45.9 Å². The zero-order valence-corrected chi connectivity index (χ0v) is 50.6. The number of fused-ring (bicyclic) bond motifs is 6. The van der Waals surface area contributed by atoms with Gasteiger partial charge < -0.3 is 9.13 Å². The molecule has 13 rings (SSSR count). The van der Waals surface area contributed by atoms with Gasteiger partial charge in [-0.25, -0.2) is 0 Å². The summed E-state index contributed by atoms with van der Waals surface area (Å²) in [6.45, 7) is 7.58. The van der Waals surface area contributed by atoms with Crippen molar-refractivity contribution in [3.63, 3.8) is 0 Å². The summed E-state index contributed by atoms with van der Waals surface area (Å²) in [5, 5.41) is 12.4. The number of aromatic nitrogens is 2. The second kappa shape index (κ2) is 22.6. The molecule has 0 bridgehead atoms. The maximum absolute atomic E-state index is 15.3. The van der Waals surface area contributed by atoms with Crippen LogP contribution in [0.3, 0.4) is 0 Å². The number of rotatable bonds is 8. The van der Waals surface area contributed by atoms with Crippen molar-refractivity contribution in [2.24, 2.45) is 0 Å². The van der Waals surface area contributed by atoms with E-state index in [2.05, 4.69) is 6.07 Å². The number of nitriles is 1. The Hall–Kier alpha value is -10.5. The van der Waals surface area contributed by atoms with Crippen LogP contribution in [0.2, 0.25) is 0 Å². The second-order valence-electron chi connectivity index (χ2n) is 24.0. The van der Waals surface area contributed by atoms with Crippen molar-refractivity contribution in [3.05, 3.63) is 261 Å². The van der Waals surface area contributed by atoms with E-state index in [-0.39, 0.29) is 67.0 Å². The molecule has 0 aliphatic rings. The lowest BCUT2D eigenvalue weighted by atomic mass is 9.90. The van der Waals surface area contributed by atoms with Gasteiger partial charge in [-0.1, -0.05) is 72.8 Å². The van der Waals surface area contributed by atoms with Crippen LogP contribution in [0.1, 0.15) is 61.2 Å². The molecule has 476 valence electrons. The zero-order chi connectivity index (χ0) is 67.7. The molecule has 0 fully saturated rings. The molecule has 95 heavy (non-hydrogen) atoms. The monoisotopic (exact) mass is 1300 g/mol. The summed E-state index contributed by atoms with van der Waals surface area (Å²) in [5.41, 5.74) is 1.45. The van der Waals surface area contributed by atoms with E-state index < -0.39 is 58.7 Å². The van der Waals surface area contributed by atoms with E-state index in [9.17, 15) is 57.9 Å². The van der Waals surface area contributed by atoms with Gasteiger partial charge in [0.25, 0.3) is 0 Å². The molecule has 13 aromatic rings. The summed E-state index contributed by atoms with van der Waals surface area (Å²) in [6, 6.07) is 49.2. The van der Waals surface area contributed by atoms with E-state index >= 15 is 13.2 Å². The lowest BCUT2D eigenvalue weighted by Crippen LogP contribution is -2.08. The molecule has 0 aliphatic carbocycles. The van der Waals surface area contributed by atoms with Crippen LogP contribution in [0.4, 0.5) is 65.9 Å². The van der Waals surface area contributed by atoms with E-state index in [1.807, 2.05) is 0 Å². The van der Waals surface area contributed by atoms with Crippen molar-refractivity contribution < 1.29 is 65.9 Å². The predicted octanol–water partition coefficient (Wildman–Crippen LogP) is 24.4. The van der Waals surface area contributed by atoms with Crippen LogP contribution in [0.5, 0.6) is 0 Å². The minimum Gasteiger partial charge on any atom is -0.309 e. The third kappa shape index (κ3) is 11.7. The summed E-state index contributed by atoms with van der Waals surface area (Å²) in [5.74, 6) is 0. The predicted molar refractivity (Wildman–Crippen MR) is 341 cm³/mol. The van der Waals surface area contributed by atoms with Crippen LogP contribution in [0.25, 0.3) is 122 Å². The molecule has 11 aromatic carbocycles. The van der Waals surface area contributed by atoms with Gasteiger partial charge in [0, 0.05) is 32.7 Å². The van der Waals surface area contributed by atoms with Gasteiger partial charge in [-0.2, -0.15) is 71.1 Å². The SMILES string of the molecule is Cc1cc(-c2ccc3c(c2)c2cc(-c4cc(C)cc(C(F)(F)F)c4)ccc2n3-c2ccc(-c3c(C)cccc3C(F)(F)F)cc2-c2ccc(C#N)cc2-n2c3ccc(-c4cc(C)cc(C(F)(F)F)c4)cc3c3cc(-c4cc(C)cc(C(F)(F)F)c4)ccc32)cc(C(F)(F)F)c1. The fourth-order valence-electron chi connectivity index (χ4n) is 13.1. The topological polar surface area (TPSA) is 33.6 Å². The normalized spacial score (nSPS) is 12.6. The maximum Gasteiger partial charge on any atom is 0.417 e. The van der Waals surface area contributed by atoms with Gasteiger partial charge >= 0.3 is 30.9 Å². The number of aryl methyl sites for hydroxylation is 5. The molecule has 0 unspecified atom stereocenters. The number of halogens is 15. The highest BCUT2D eigenvalue weighted by atomic mass is 19.4. The molecular weight excluding hydrogens is 1250 g/mol. The molecule has 18 heteroatoms. The van der Waals surface area contributed by atoms with Crippen molar-refractivity contribution in [1.82, 2.24) is 9.13 Å². The number of nitrogens with zero attached hydrogens (tertiary/aromatic N) is 3. The summed E-state index contributed by atoms with van der Waals surface area (Å²) in [7, 11) is 0. The van der Waals surface area contributed by atoms with Crippen molar-refractivity contribution >= 4 is 43.6 Å². The average Bonchev–Trinajstić information content (AvgIpc) is 1.60. The Balaban J connectivity index is 1.14. The molecule has 0 amide bonds. The minimum absolute atomic E-state index is 0.0823. The van der Waals surface area contributed by atoms with Crippen LogP contribution in [0.15, 0.2) is 200 Å². The third-order valence-corrected chi connectivity index (χ3v) is 17.2. The number of benzene rings is 11. The standard InChI is InChI=1S/C77H48F15N3/c1-40-21-51(30-55(25-40)73(78,79)80)46-10-16-67-61(34-46)62-35-47(52-22-41(2)26-56(31-52)74(81,82)83)11-17-68(62)94(67)66-20-14-50(72-44(5)7-6-8-65(72)77(90,91)92)38-60(66)59-15-9-45(39-93)29-71(59)95-69-18-12-48(53-23-42(3)27-57(32-53)75(84,85)86)36-63(69)64-37-49(13-19-70(64)95)54-24-43(4)28-58(33-54)76(87,88)89/h6-38H,1-5H3. The van der Waals surface area contributed by atoms with Gasteiger partial charge in [0.2, 0.25) is 0 Å². The Morgan fingerprint density at radius 2 is 0.642 bits per heavy atom. The molecule has 2 heterocycles. The Labute approximate surface area is 532 Å². The van der Waals surface area contributed by atoms with Crippen LogP contribution in [-0.2, 0) is 30.9 Å². The van der Waals surface area contributed by atoms with Crippen molar-refractivity contribution in [3.8, 4) is 84.2 Å². The van der Waals surface area contributed by atoms with Gasteiger partial charge in [-0.3, -0.25) is 0 Å². The first-order chi connectivity index (χ1) is 44.7. The molecule has 2 aromatic heterocycles. The number of hydrogen-bond acceptors (Lipinski definition) is 1. The fraction of sp³-hybridized carbons (Fsp3) is 0.130. The zero-order valence-electron chi connectivity index (χ0n) is 50.6. The molecule has 0 atom stereocenters. The Morgan fingerprint density at radius 1 is 0.295 bits per heavy atom. The van der Waals surface area contributed by atoms with Crippen molar-refractivity contribution in [2.45, 2.75) is 65.5 Å². The summed E-state index contributed by atoms with van der Waals surface area (Å²) >= 11 is 0. The van der Waals surface area contributed by atoms with E-state index in [1.54, 1.807) is 130 Å². The van der Waals surface area contributed by atoms with E-state index in [4.69, 9.17) is 0 Å².